The standard InChI is InChI=1S/C61H106O6/c1-4-7-10-13-16-19-22-25-27-28-29-30-31-32-34-36-39-42-45-48-51-54-60(63)66-57-58(56-65-59(62)53-50-47-44-41-38-35-24-21-18-15-12-9-6-3)67-61(64)55-52-49-46-43-40-37-33-26-23-20-17-14-11-8-5-2/h8,11,17,20,26,28-29,33,40,43,49,52,58H,4-7,9-10,12-16,18-19,21-25,27,30-32,34-39,41-42,44-48,50-51,53-57H2,1-3H3/b11-8-,20-17-,29-28-,33-26-,43-40-,52-49-. The lowest BCUT2D eigenvalue weighted by Gasteiger charge is -2.18. The fourth-order valence-electron chi connectivity index (χ4n) is 7.98. The number of hydrogen-bond acceptors (Lipinski definition) is 6. The molecular weight excluding hydrogens is 829 g/mol. The van der Waals surface area contributed by atoms with E-state index in [0.717, 1.165) is 70.6 Å². The average Bonchev–Trinajstić information content (AvgIpc) is 3.33. The van der Waals surface area contributed by atoms with Crippen molar-refractivity contribution in [3.63, 3.8) is 0 Å². The lowest BCUT2D eigenvalue weighted by molar-refractivity contribution is -0.166. The van der Waals surface area contributed by atoms with Crippen LogP contribution in [0, 0.1) is 0 Å². The van der Waals surface area contributed by atoms with Crippen LogP contribution < -0.4 is 0 Å². The monoisotopic (exact) mass is 935 g/mol. The first-order valence-corrected chi connectivity index (χ1v) is 28.4. The zero-order valence-electron chi connectivity index (χ0n) is 44.2. The number of allylic oxidation sites excluding steroid dienone is 11. The lowest BCUT2D eigenvalue weighted by atomic mass is 10.0. The van der Waals surface area contributed by atoms with E-state index in [1.54, 1.807) is 6.08 Å². The molecule has 0 bridgehead atoms. The zero-order valence-corrected chi connectivity index (χ0v) is 44.2. The number of unbranched alkanes of at least 4 members (excludes halogenated alkanes) is 29. The van der Waals surface area contributed by atoms with Crippen molar-refractivity contribution in [1.82, 2.24) is 0 Å². The molecule has 6 nitrogen and oxygen atoms in total. The second kappa shape index (κ2) is 55.4. The Morgan fingerprint density at radius 3 is 0.970 bits per heavy atom. The highest BCUT2D eigenvalue weighted by atomic mass is 16.6. The van der Waals surface area contributed by atoms with Gasteiger partial charge in [0.05, 0.1) is 6.42 Å². The van der Waals surface area contributed by atoms with Gasteiger partial charge < -0.3 is 14.2 Å². The van der Waals surface area contributed by atoms with Gasteiger partial charge in [-0.1, -0.05) is 261 Å². The minimum Gasteiger partial charge on any atom is -0.462 e. The van der Waals surface area contributed by atoms with Crippen LogP contribution in [-0.4, -0.2) is 37.2 Å². The molecule has 0 saturated heterocycles. The first-order valence-electron chi connectivity index (χ1n) is 28.4. The van der Waals surface area contributed by atoms with Gasteiger partial charge >= 0.3 is 17.9 Å². The van der Waals surface area contributed by atoms with E-state index in [2.05, 4.69) is 81.5 Å². The molecule has 0 heterocycles. The molecule has 0 spiro atoms. The van der Waals surface area contributed by atoms with Crippen LogP contribution in [0.4, 0.5) is 0 Å². The van der Waals surface area contributed by atoms with E-state index >= 15 is 0 Å². The van der Waals surface area contributed by atoms with Gasteiger partial charge in [0, 0.05) is 12.8 Å². The Kier molecular flexibility index (Phi) is 52.8. The Balaban J connectivity index is 4.41. The molecule has 1 unspecified atom stereocenters. The van der Waals surface area contributed by atoms with Crippen molar-refractivity contribution >= 4 is 17.9 Å². The first-order chi connectivity index (χ1) is 33.0. The van der Waals surface area contributed by atoms with E-state index < -0.39 is 12.1 Å². The van der Waals surface area contributed by atoms with Crippen molar-refractivity contribution in [1.29, 1.82) is 0 Å². The summed E-state index contributed by atoms with van der Waals surface area (Å²) in [4.78, 5) is 38.0. The van der Waals surface area contributed by atoms with Crippen LogP contribution in [0.2, 0.25) is 0 Å². The molecule has 67 heavy (non-hydrogen) atoms. The maximum atomic E-state index is 12.8. The summed E-state index contributed by atoms with van der Waals surface area (Å²) in [6.07, 6.45) is 70.7. The second-order valence-electron chi connectivity index (χ2n) is 18.8. The molecule has 0 radical (unpaired) electrons. The summed E-state index contributed by atoms with van der Waals surface area (Å²) in [5.41, 5.74) is 0. The molecule has 0 saturated carbocycles. The van der Waals surface area contributed by atoms with E-state index in [-0.39, 0.29) is 31.6 Å². The number of hydrogen-bond donors (Lipinski definition) is 0. The largest absolute Gasteiger partial charge is 0.462 e. The Bertz CT molecular complexity index is 1260. The molecule has 0 aliphatic carbocycles. The molecule has 1 atom stereocenters. The molecule has 6 heteroatoms. The smallest absolute Gasteiger partial charge is 0.310 e. The van der Waals surface area contributed by atoms with Crippen LogP contribution in [0.15, 0.2) is 72.9 Å². The molecule has 0 aliphatic heterocycles. The van der Waals surface area contributed by atoms with Crippen molar-refractivity contribution < 1.29 is 28.6 Å². The van der Waals surface area contributed by atoms with Crippen LogP contribution in [-0.2, 0) is 28.6 Å². The molecule has 0 aromatic heterocycles. The predicted octanol–water partition coefficient (Wildman–Crippen LogP) is 19.0. The van der Waals surface area contributed by atoms with Crippen LogP contribution >= 0.6 is 0 Å². The Morgan fingerprint density at radius 2 is 0.627 bits per heavy atom. The van der Waals surface area contributed by atoms with Gasteiger partial charge in [-0.05, 0) is 70.6 Å². The number of ether oxygens (including phenoxy) is 3. The number of esters is 3. The third-order valence-electron chi connectivity index (χ3n) is 12.2. The quantitative estimate of drug-likeness (QED) is 0.0262. The molecule has 0 aliphatic rings. The van der Waals surface area contributed by atoms with Crippen molar-refractivity contribution in [2.24, 2.45) is 0 Å². The summed E-state index contributed by atoms with van der Waals surface area (Å²) in [5, 5.41) is 0. The summed E-state index contributed by atoms with van der Waals surface area (Å²) in [5.74, 6) is -1.04. The number of rotatable bonds is 51. The van der Waals surface area contributed by atoms with Gasteiger partial charge in [0.25, 0.3) is 0 Å². The first kappa shape index (κ1) is 63.8. The molecule has 0 aromatic rings. The topological polar surface area (TPSA) is 78.9 Å². The van der Waals surface area contributed by atoms with Crippen LogP contribution in [0.3, 0.4) is 0 Å². The maximum absolute atomic E-state index is 12.8. The van der Waals surface area contributed by atoms with E-state index in [1.165, 1.54) is 167 Å². The predicted molar refractivity (Wildman–Crippen MR) is 288 cm³/mol. The van der Waals surface area contributed by atoms with Gasteiger partial charge in [0.2, 0.25) is 0 Å². The fraction of sp³-hybridized carbons (Fsp3) is 0.754. The van der Waals surface area contributed by atoms with Crippen molar-refractivity contribution in [2.75, 3.05) is 13.2 Å². The highest BCUT2D eigenvalue weighted by molar-refractivity contribution is 5.72. The van der Waals surface area contributed by atoms with Gasteiger partial charge in [-0.3, -0.25) is 14.4 Å². The van der Waals surface area contributed by atoms with E-state index in [4.69, 9.17) is 14.2 Å². The van der Waals surface area contributed by atoms with E-state index in [0.29, 0.717) is 12.8 Å². The van der Waals surface area contributed by atoms with Crippen molar-refractivity contribution in [3.8, 4) is 0 Å². The molecule has 386 valence electrons. The Morgan fingerprint density at radius 1 is 0.328 bits per heavy atom. The second-order valence-corrected chi connectivity index (χ2v) is 18.8. The van der Waals surface area contributed by atoms with Crippen molar-refractivity contribution in [2.45, 2.75) is 284 Å². The maximum Gasteiger partial charge on any atom is 0.310 e. The van der Waals surface area contributed by atoms with Gasteiger partial charge in [0.15, 0.2) is 6.10 Å². The SMILES string of the molecule is CC/C=C\C/C=C\C/C=C\C/C=C\C/C=C\CC(=O)OC(COC(=O)CCCCCCCCCCC/C=C\CCCCCCCCCC)COC(=O)CCCCCCCCCCCCCCC. The molecule has 0 aromatic carbocycles. The Hall–Kier alpha value is -3.15. The van der Waals surface area contributed by atoms with Crippen molar-refractivity contribution in [3.05, 3.63) is 72.9 Å². The molecule has 0 rings (SSSR count). The fourth-order valence-corrected chi connectivity index (χ4v) is 7.98. The highest BCUT2D eigenvalue weighted by Crippen LogP contribution is 2.16. The van der Waals surface area contributed by atoms with Gasteiger partial charge in [0.1, 0.15) is 13.2 Å². The Labute approximate surface area is 414 Å². The molecule has 0 amide bonds. The van der Waals surface area contributed by atoms with Crippen LogP contribution in [0.25, 0.3) is 0 Å². The van der Waals surface area contributed by atoms with E-state index in [1.807, 2.05) is 6.08 Å². The van der Waals surface area contributed by atoms with Gasteiger partial charge in [-0.25, -0.2) is 0 Å². The van der Waals surface area contributed by atoms with E-state index in [9.17, 15) is 14.4 Å². The summed E-state index contributed by atoms with van der Waals surface area (Å²) in [6, 6.07) is 0. The molecular formula is C61H106O6. The normalized spacial score (nSPS) is 12.6. The summed E-state index contributed by atoms with van der Waals surface area (Å²) in [6.45, 7) is 6.46. The molecule has 0 N–H and O–H groups in total. The summed E-state index contributed by atoms with van der Waals surface area (Å²) in [7, 11) is 0. The van der Waals surface area contributed by atoms with Crippen LogP contribution in [0.1, 0.15) is 278 Å². The molecule has 0 fully saturated rings. The number of carbonyl (C=O) groups excluding carboxylic acids is 3. The third-order valence-corrected chi connectivity index (χ3v) is 12.2. The van der Waals surface area contributed by atoms with Gasteiger partial charge in [-0.2, -0.15) is 0 Å². The zero-order chi connectivity index (χ0) is 48.6. The highest BCUT2D eigenvalue weighted by Gasteiger charge is 2.19. The average molecular weight is 936 g/mol. The summed E-state index contributed by atoms with van der Waals surface area (Å²) >= 11 is 0. The summed E-state index contributed by atoms with van der Waals surface area (Å²) < 4.78 is 16.7. The minimum atomic E-state index is -0.828. The lowest BCUT2D eigenvalue weighted by Crippen LogP contribution is -2.30. The van der Waals surface area contributed by atoms with Gasteiger partial charge in [-0.15, -0.1) is 0 Å². The number of carbonyl (C=O) groups is 3. The third kappa shape index (κ3) is 53.7. The van der Waals surface area contributed by atoms with Crippen LogP contribution in [0.5, 0.6) is 0 Å². The minimum absolute atomic E-state index is 0.0989.